The number of thiophene rings is 1. The molecule has 0 spiro atoms. The van der Waals surface area contributed by atoms with Crippen LogP contribution in [0.15, 0.2) is 53.9 Å². The first-order valence-corrected chi connectivity index (χ1v) is 9.26. The van der Waals surface area contributed by atoms with Crippen LogP contribution in [-0.2, 0) is 0 Å². The maximum Gasteiger partial charge on any atom is 0.273 e. The number of fused-ring (bicyclic) bond motifs is 1. The van der Waals surface area contributed by atoms with Crippen LogP contribution in [0.3, 0.4) is 0 Å². The van der Waals surface area contributed by atoms with Crippen molar-refractivity contribution in [3.05, 3.63) is 69.8 Å². The molecular formula is C20H15N3O4S. The Bertz CT molecular complexity index is 1180. The highest BCUT2D eigenvalue weighted by Crippen LogP contribution is 2.41. The van der Waals surface area contributed by atoms with Gasteiger partial charge in [0.1, 0.15) is 10.7 Å². The number of ether oxygens (including phenoxy) is 2. The van der Waals surface area contributed by atoms with Crippen LogP contribution in [0.5, 0.6) is 17.4 Å². The number of hydrogen-bond acceptors (Lipinski definition) is 7. The summed E-state index contributed by atoms with van der Waals surface area (Å²) in [5.74, 6) is 1.49. The van der Waals surface area contributed by atoms with Crippen molar-refractivity contribution in [1.82, 2.24) is 9.97 Å². The summed E-state index contributed by atoms with van der Waals surface area (Å²) in [6, 6.07) is 14.1. The van der Waals surface area contributed by atoms with Gasteiger partial charge < -0.3 is 9.47 Å². The van der Waals surface area contributed by atoms with Gasteiger partial charge in [-0.2, -0.15) is 4.98 Å². The summed E-state index contributed by atoms with van der Waals surface area (Å²) in [5, 5.41) is 13.9. The number of nitro benzene ring substituents is 1. The Kier molecular flexibility index (Phi) is 4.62. The van der Waals surface area contributed by atoms with Gasteiger partial charge in [0.2, 0.25) is 5.88 Å². The van der Waals surface area contributed by atoms with Crippen molar-refractivity contribution in [1.29, 1.82) is 0 Å². The lowest BCUT2D eigenvalue weighted by Gasteiger charge is -2.11. The van der Waals surface area contributed by atoms with Gasteiger partial charge in [-0.1, -0.05) is 30.3 Å². The summed E-state index contributed by atoms with van der Waals surface area (Å²) in [7, 11) is 1.48. The molecule has 0 bridgehead atoms. The summed E-state index contributed by atoms with van der Waals surface area (Å²) >= 11 is 1.50. The van der Waals surface area contributed by atoms with Gasteiger partial charge in [0.05, 0.1) is 23.5 Å². The molecule has 0 aliphatic carbocycles. The van der Waals surface area contributed by atoms with Crippen LogP contribution in [-0.4, -0.2) is 22.0 Å². The molecule has 0 amide bonds. The van der Waals surface area contributed by atoms with Crippen molar-refractivity contribution < 1.29 is 14.4 Å². The Labute approximate surface area is 164 Å². The molecule has 0 atom stereocenters. The number of aryl methyl sites for hydroxylation is 1. The van der Waals surface area contributed by atoms with Crippen LogP contribution in [0.2, 0.25) is 0 Å². The van der Waals surface area contributed by atoms with Gasteiger partial charge >= 0.3 is 0 Å². The molecule has 0 fully saturated rings. The van der Waals surface area contributed by atoms with Crippen LogP contribution < -0.4 is 9.47 Å². The Morgan fingerprint density at radius 3 is 2.57 bits per heavy atom. The van der Waals surface area contributed by atoms with Crippen LogP contribution in [0.4, 0.5) is 5.69 Å². The van der Waals surface area contributed by atoms with Crippen molar-refractivity contribution in [3.8, 4) is 28.5 Å². The highest BCUT2D eigenvalue weighted by atomic mass is 32.1. The summed E-state index contributed by atoms with van der Waals surface area (Å²) in [6.07, 6.45) is 0. The van der Waals surface area contributed by atoms with E-state index in [0.29, 0.717) is 17.5 Å². The second-order valence-electron chi connectivity index (χ2n) is 5.97. The van der Waals surface area contributed by atoms with E-state index in [2.05, 4.69) is 9.97 Å². The molecule has 0 saturated heterocycles. The summed E-state index contributed by atoms with van der Waals surface area (Å²) in [4.78, 5) is 20.4. The lowest BCUT2D eigenvalue weighted by atomic mass is 10.1. The smallest absolute Gasteiger partial charge is 0.273 e. The second-order valence-corrected chi connectivity index (χ2v) is 6.82. The first kappa shape index (κ1) is 17.9. The maximum atomic E-state index is 11.2. The van der Waals surface area contributed by atoms with E-state index in [1.165, 1.54) is 36.6 Å². The number of nitrogens with zero attached hydrogens (tertiary/aromatic N) is 3. The van der Waals surface area contributed by atoms with Gasteiger partial charge in [-0.15, -0.1) is 11.3 Å². The predicted molar refractivity (Wildman–Crippen MR) is 107 cm³/mol. The monoisotopic (exact) mass is 393 g/mol. The third-order valence-electron chi connectivity index (χ3n) is 4.16. The molecular weight excluding hydrogens is 378 g/mol. The molecule has 0 radical (unpaired) electrons. The average Bonchev–Trinajstić information content (AvgIpc) is 3.12. The van der Waals surface area contributed by atoms with E-state index in [-0.39, 0.29) is 11.4 Å². The van der Waals surface area contributed by atoms with Gasteiger partial charge in [0, 0.05) is 17.0 Å². The summed E-state index contributed by atoms with van der Waals surface area (Å²) in [5.41, 5.74) is 1.86. The summed E-state index contributed by atoms with van der Waals surface area (Å²) < 4.78 is 11.3. The van der Waals surface area contributed by atoms with E-state index < -0.39 is 4.92 Å². The zero-order valence-corrected chi connectivity index (χ0v) is 15.9. The number of non-ortho nitro benzene ring substituents is 1. The maximum absolute atomic E-state index is 11.2. The van der Waals surface area contributed by atoms with Crippen molar-refractivity contribution in [2.45, 2.75) is 6.92 Å². The van der Waals surface area contributed by atoms with E-state index in [1.807, 2.05) is 35.7 Å². The number of rotatable bonds is 5. The molecule has 0 saturated carbocycles. The van der Waals surface area contributed by atoms with E-state index in [0.717, 1.165) is 21.3 Å². The van der Waals surface area contributed by atoms with Gasteiger partial charge in [-0.25, -0.2) is 4.98 Å². The normalized spacial score (nSPS) is 10.8. The highest BCUT2D eigenvalue weighted by Gasteiger charge is 2.19. The van der Waals surface area contributed by atoms with Crippen molar-refractivity contribution in [2.75, 3.05) is 7.11 Å². The fourth-order valence-corrected chi connectivity index (χ4v) is 3.86. The van der Waals surface area contributed by atoms with E-state index in [1.54, 1.807) is 6.92 Å². The standard InChI is InChI=1S/C20H15N3O4S/c1-12-21-19(27-17-10-14(23(24)25)8-9-16(17)26-2)18-15(11-28-20(18)22-12)13-6-4-3-5-7-13/h3-11H,1-2H3. The molecule has 0 N–H and O–H groups in total. The van der Waals surface area contributed by atoms with Crippen molar-refractivity contribution in [2.24, 2.45) is 0 Å². The third kappa shape index (κ3) is 3.25. The molecule has 0 aliphatic heterocycles. The van der Waals surface area contributed by atoms with Crippen LogP contribution >= 0.6 is 11.3 Å². The second kappa shape index (κ2) is 7.24. The molecule has 4 aromatic rings. The number of nitro groups is 1. The first-order chi connectivity index (χ1) is 13.6. The SMILES string of the molecule is COc1ccc([N+](=O)[O-])cc1Oc1nc(C)nc2scc(-c3ccccc3)c12. The minimum absolute atomic E-state index is 0.0913. The average molecular weight is 393 g/mol. The topological polar surface area (TPSA) is 87.4 Å². The largest absolute Gasteiger partial charge is 0.493 e. The third-order valence-corrected chi connectivity index (χ3v) is 5.03. The zero-order valence-electron chi connectivity index (χ0n) is 15.1. The molecule has 2 heterocycles. The molecule has 2 aromatic carbocycles. The van der Waals surface area contributed by atoms with E-state index in [9.17, 15) is 10.1 Å². The fourth-order valence-electron chi connectivity index (χ4n) is 2.88. The first-order valence-electron chi connectivity index (χ1n) is 8.38. The Morgan fingerprint density at radius 1 is 1.07 bits per heavy atom. The van der Waals surface area contributed by atoms with Gasteiger partial charge in [0.15, 0.2) is 11.5 Å². The molecule has 4 rings (SSSR count). The van der Waals surface area contributed by atoms with Crippen molar-refractivity contribution in [3.63, 3.8) is 0 Å². The zero-order chi connectivity index (χ0) is 19.7. The lowest BCUT2D eigenvalue weighted by Crippen LogP contribution is -1.97. The van der Waals surface area contributed by atoms with E-state index in [4.69, 9.17) is 9.47 Å². The van der Waals surface area contributed by atoms with Crippen LogP contribution in [0.1, 0.15) is 5.82 Å². The quantitative estimate of drug-likeness (QED) is 0.334. The molecule has 8 heteroatoms. The minimum atomic E-state index is -0.479. The predicted octanol–water partition coefficient (Wildman–Crippen LogP) is 5.38. The van der Waals surface area contributed by atoms with Crippen LogP contribution in [0.25, 0.3) is 21.3 Å². The van der Waals surface area contributed by atoms with Crippen LogP contribution in [0, 0.1) is 17.0 Å². The number of methoxy groups -OCH3 is 1. The molecule has 0 unspecified atom stereocenters. The Morgan fingerprint density at radius 2 is 1.86 bits per heavy atom. The Hall–Kier alpha value is -3.52. The minimum Gasteiger partial charge on any atom is -0.493 e. The summed E-state index contributed by atoms with van der Waals surface area (Å²) in [6.45, 7) is 1.78. The van der Waals surface area contributed by atoms with Gasteiger partial charge in [0.25, 0.3) is 5.69 Å². The van der Waals surface area contributed by atoms with Gasteiger partial charge in [-0.3, -0.25) is 10.1 Å². The number of hydrogen-bond donors (Lipinski definition) is 0. The van der Waals surface area contributed by atoms with Crippen molar-refractivity contribution >= 4 is 27.2 Å². The molecule has 0 aliphatic rings. The molecule has 2 aromatic heterocycles. The Balaban J connectivity index is 1.89. The molecule has 140 valence electrons. The lowest BCUT2D eigenvalue weighted by molar-refractivity contribution is -0.384. The van der Waals surface area contributed by atoms with E-state index >= 15 is 0 Å². The highest BCUT2D eigenvalue weighted by molar-refractivity contribution is 7.17. The molecule has 28 heavy (non-hydrogen) atoms. The number of benzene rings is 2. The number of aromatic nitrogens is 2. The fraction of sp³-hybridized carbons (Fsp3) is 0.100. The van der Waals surface area contributed by atoms with Gasteiger partial charge in [-0.05, 0) is 18.6 Å². The molecule has 7 nitrogen and oxygen atoms in total.